The second-order valence-electron chi connectivity index (χ2n) is 10.5. The molecular weight excluding hydrogens is 538 g/mol. The molecule has 4 unspecified atom stereocenters. The summed E-state index contributed by atoms with van der Waals surface area (Å²) in [6.45, 7) is 1.98. The third kappa shape index (κ3) is 3.42. The average Bonchev–Trinajstić information content (AvgIpc) is 3.70. The maximum atomic E-state index is 14.6. The van der Waals surface area contributed by atoms with Crippen molar-refractivity contribution in [2.75, 3.05) is 10.2 Å². The largest absolute Gasteiger partial charge is 0.352 e. The molecule has 1 aromatic heterocycles. The lowest BCUT2D eigenvalue weighted by Crippen LogP contribution is -2.51. The number of hydrogen-bond donors (Lipinski definition) is 1. The number of ketones is 2. The van der Waals surface area contributed by atoms with E-state index in [1.165, 1.54) is 35.6 Å². The number of non-ortho nitro benzene ring substituents is 1. The van der Waals surface area contributed by atoms with Crippen LogP contribution in [0.4, 0.5) is 17.1 Å². The molecule has 1 amide bonds. The number of rotatable bonds is 5. The van der Waals surface area contributed by atoms with Gasteiger partial charge in [-0.05, 0) is 53.8 Å². The Morgan fingerprint density at radius 3 is 2.41 bits per heavy atom. The SMILES string of the molecule is CC1=CC2N(c3ccccc31)C(C(=O)c1ccc([N+](=O)[O-])cc1)C(C(=O)c1cccs1)C21C(=O)Nc2ccccc21. The molecule has 3 aliphatic heterocycles. The molecule has 1 fully saturated rings. The second kappa shape index (κ2) is 9.07. The highest BCUT2D eigenvalue weighted by Gasteiger charge is 2.70. The standard InChI is InChI=1S/C32H23N3O5S/c1-18-17-26-32(22-8-3-4-9-23(22)33-31(32)38)27(30(37)25-11-6-16-41-25)28(34(26)24-10-5-2-7-21(18)24)29(36)19-12-14-20(15-13-19)35(39)40/h2-17,26-28H,1H3,(H,33,38). The molecule has 1 spiro atoms. The van der Waals surface area contributed by atoms with Crippen molar-refractivity contribution in [3.05, 3.63) is 128 Å². The van der Waals surface area contributed by atoms with E-state index in [-0.39, 0.29) is 28.7 Å². The molecule has 4 heterocycles. The van der Waals surface area contributed by atoms with Gasteiger partial charge in [-0.1, -0.05) is 48.5 Å². The number of anilines is 2. The molecule has 1 saturated heterocycles. The molecule has 8 nitrogen and oxygen atoms in total. The number of carbonyl (C=O) groups excluding carboxylic acids is 3. The third-order valence-electron chi connectivity index (χ3n) is 8.56. The van der Waals surface area contributed by atoms with Crippen molar-refractivity contribution in [3.8, 4) is 0 Å². The fourth-order valence-electron chi connectivity index (χ4n) is 6.88. The molecule has 1 N–H and O–H groups in total. The van der Waals surface area contributed by atoms with Crippen LogP contribution in [-0.2, 0) is 10.2 Å². The number of nitrogens with zero attached hydrogens (tertiary/aromatic N) is 2. The lowest BCUT2D eigenvalue weighted by molar-refractivity contribution is -0.384. The zero-order valence-corrected chi connectivity index (χ0v) is 22.6. The zero-order chi connectivity index (χ0) is 28.5. The number of nitro groups is 1. The van der Waals surface area contributed by atoms with Crippen molar-refractivity contribution in [2.24, 2.45) is 5.92 Å². The number of hydrogen-bond acceptors (Lipinski definition) is 7. The minimum Gasteiger partial charge on any atom is -0.352 e. The summed E-state index contributed by atoms with van der Waals surface area (Å²) in [5, 5.41) is 16.1. The van der Waals surface area contributed by atoms with Gasteiger partial charge in [-0.25, -0.2) is 0 Å². The first-order valence-corrected chi connectivity index (χ1v) is 14.1. The Kier molecular flexibility index (Phi) is 5.55. The van der Waals surface area contributed by atoms with Crippen LogP contribution in [0.2, 0.25) is 0 Å². The fraction of sp³-hybridized carbons (Fsp3) is 0.156. The van der Waals surface area contributed by atoms with Gasteiger partial charge in [-0.2, -0.15) is 0 Å². The summed E-state index contributed by atoms with van der Waals surface area (Å²) in [5.74, 6) is -2.07. The van der Waals surface area contributed by atoms with Crippen molar-refractivity contribution < 1.29 is 19.3 Å². The molecule has 0 saturated carbocycles. The molecule has 4 aromatic rings. The van der Waals surface area contributed by atoms with Crippen molar-refractivity contribution in [2.45, 2.75) is 24.4 Å². The van der Waals surface area contributed by atoms with Crippen LogP contribution in [0.3, 0.4) is 0 Å². The van der Waals surface area contributed by atoms with Crippen LogP contribution >= 0.6 is 11.3 Å². The molecule has 3 aliphatic rings. The van der Waals surface area contributed by atoms with Gasteiger partial charge in [0.25, 0.3) is 5.69 Å². The van der Waals surface area contributed by atoms with Crippen LogP contribution in [-0.4, -0.2) is 34.5 Å². The Balaban J connectivity index is 1.53. The van der Waals surface area contributed by atoms with Gasteiger partial charge in [-0.15, -0.1) is 11.3 Å². The van der Waals surface area contributed by atoms with Crippen molar-refractivity contribution >= 4 is 51.4 Å². The van der Waals surface area contributed by atoms with Crippen LogP contribution in [0, 0.1) is 16.0 Å². The summed E-state index contributed by atoms with van der Waals surface area (Å²) in [5.41, 5.74) is 2.62. The molecule has 0 radical (unpaired) electrons. The van der Waals surface area contributed by atoms with Crippen LogP contribution in [0.5, 0.6) is 0 Å². The number of thiophene rings is 1. The van der Waals surface area contributed by atoms with Gasteiger partial charge >= 0.3 is 0 Å². The van der Waals surface area contributed by atoms with Gasteiger partial charge < -0.3 is 10.2 Å². The highest BCUT2D eigenvalue weighted by molar-refractivity contribution is 7.12. The molecule has 3 aromatic carbocycles. The van der Waals surface area contributed by atoms with Crippen molar-refractivity contribution in [3.63, 3.8) is 0 Å². The van der Waals surface area contributed by atoms with Crippen molar-refractivity contribution in [1.29, 1.82) is 0 Å². The van der Waals surface area contributed by atoms with Crippen LogP contribution in [0.15, 0.2) is 96.4 Å². The molecule has 0 aliphatic carbocycles. The molecule has 9 heteroatoms. The Hall–Kier alpha value is -4.89. The number of para-hydroxylation sites is 2. The Labute approximate surface area is 239 Å². The molecule has 7 rings (SSSR count). The highest BCUT2D eigenvalue weighted by atomic mass is 32.1. The number of Topliss-reactive ketones (excluding diaryl/α,β-unsaturated/α-hetero) is 2. The van der Waals surface area contributed by atoms with Gasteiger partial charge in [0.1, 0.15) is 11.5 Å². The zero-order valence-electron chi connectivity index (χ0n) is 21.8. The van der Waals surface area contributed by atoms with E-state index in [0.717, 1.165) is 16.8 Å². The summed E-state index contributed by atoms with van der Waals surface area (Å²) < 4.78 is 0. The number of benzene rings is 3. The predicted octanol–water partition coefficient (Wildman–Crippen LogP) is 5.90. The van der Waals surface area contributed by atoms with E-state index in [1.807, 2.05) is 66.4 Å². The fourth-order valence-corrected chi connectivity index (χ4v) is 7.58. The minimum atomic E-state index is -1.40. The molecule has 202 valence electrons. The third-order valence-corrected chi connectivity index (χ3v) is 9.45. The van der Waals surface area contributed by atoms with Crippen LogP contribution < -0.4 is 10.2 Å². The van der Waals surface area contributed by atoms with E-state index < -0.39 is 28.3 Å². The summed E-state index contributed by atoms with van der Waals surface area (Å²) >= 11 is 1.28. The first kappa shape index (κ1) is 25.1. The normalized spacial score (nSPS) is 23.8. The second-order valence-corrected chi connectivity index (χ2v) is 11.5. The van der Waals surface area contributed by atoms with E-state index >= 15 is 0 Å². The quantitative estimate of drug-likeness (QED) is 0.185. The number of allylic oxidation sites excluding steroid dienone is 1. The number of nitro benzene ring substituents is 1. The van der Waals surface area contributed by atoms with E-state index in [0.29, 0.717) is 16.1 Å². The molecule has 41 heavy (non-hydrogen) atoms. The first-order valence-electron chi connectivity index (χ1n) is 13.2. The highest BCUT2D eigenvalue weighted by Crippen LogP contribution is 2.59. The van der Waals surface area contributed by atoms with Gasteiger partial charge in [0.2, 0.25) is 5.91 Å². The number of carbonyl (C=O) groups is 3. The van der Waals surface area contributed by atoms with E-state index in [2.05, 4.69) is 5.32 Å². The number of nitrogens with one attached hydrogen (secondary N) is 1. The lowest BCUT2D eigenvalue weighted by Gasteiger charge is -2.39. The Morgan fingerprint density at radius 2 is 1.68 bits per heavy atom. The minimum absolute atomic E-state index is 0.139. The molecular formula is C32H23N3O5S. The van der Waals surface area contributed by atoms with Gasteiger partial charge in [0.05, 0.1) is 21.8 Å². The summed E-state index contributed by atoms with van der Waals surface area (Å²) in [6.07, 6.45) is 2.00. The lowest BCUT2D eigenvalue weighted by atomic mass is 9.64. The Morgan fingerprint density at radius 1 is 0.951 bits per heavy atom. The predicted molar refractivity (Wildman–Crippen MR) is 156 cm³/mol. The molecule has 0 bridgehead atoms. The average molecular weight is 562 g/mol. The summed E-state index contributed by atoms with van der Waals surface area (Å²) in [4.78, 5) is 56.7. The molecule has 4 atom stereocenters. The van der Waals surface area contributed by atoms with Crippen LogP contribution in [0.25, 0.3) is 5.57 Å². The summed E-state index contributed by atoms with van der Waals surface area (Å²) in [7, 11) is 0. The number of fused-ring (bicyclic) bond motifs is 6. The topological polar surface area (TPSA) is 110 Å². The van der Waals surface area contributed by atoms with E-state index in [1.54, 1.807) is 17.5 Å². The number of amides is 1. The monoisotopic (exact) mass is 561 g/mol. The smallest absolute Gasteiger partial charge is 0.269 e. The van der Waals surface area contributed by atoms with E-state index in [9.17, 15) is 24.5 Å². The van der Waals surface area contributed by atoms with Crippen molar-refractivity contribution in [1.82, 2.24) is 0 Å². The van der Waals surface area contributed by atoms with Gasteiger partial charge in [0, 0.05) is 34.6 Å². The maximum Gasteiger partial charge on any atom is 0.269 e. The Bertz CT molecular complexity index is 1800. The first-order chi connectivity index (χ1) is 19.8. The van der Waals surface area contributed by atoms with E-state index in [4.69, 9.17) is 0 Å². The van der Waals surface area contributed by atoms with Crippen LogP contribution in [0.1, 0.15) is 38.1 Å². The van der Waals surface area contributed by atoms with Gasteiger partial charge in [0.15, 0.2) is 11.6 Å². The van der Waals surface area contributed by atoms with Gasteiger partial charge in [-0.3, -0.25) is 24.5 Å². The summed E-state index contributed by atoms with van der Waals surface area (Å²) in [6, 6.07) is 22.3. The maximum absolute atomic E-state index is 14.6.